The molecule has 0 amide bonds. The highest BCUT2D eigenvalue weighted by Gasteiger charge is 2.13. The van der Waals surface area contributed by atoms with Crippen molar-refractivity contribution in [1.29, 1.82) is 0 Å². The quantitative estimate of drug-likeness (QED) is 0.499. The predicted octanol–water partition coefficient (Wildman–Crippen LogP) is 3.04. The van der Waals surface area contributed by atoms with Gasteiger partial charge < -0.3 is 9.13 Å². The molecule has 20 heavy (non-hydrogen) atoms. The maximum atomic E-state index is 6.03. The zero-order valence-electron chi connectivity index (χ0n) is 10.9. The Kier molecular flexibility index (Phi) is 3.93. The molecular weight excluding hydrogens is 389 g/mol. The molecule has 2 aromatic heterocycles. The van der Waals surface area contributed by atoms with Crippen molar-refractivity contribution in [3.05, 3.63) is 39.7 Å². The van der Waals surface area contributed by atoms with E-state index in [0.29, 0.717) is 12.4 Å². The fourth-order valence-electron chi connectivity index (χ4n) is 2.24. The van der Waals surface area contributed by atoms with Gasteiger partial charge in [-0.05, 0) is 47.7 Å². The molecule has 0 aliphatic rings. The highest BCUT2D eigenvalue weighted by atomic mass is 127. The summed E-state index contributed by atoms with van der Waals surface area (Å²) in [4.78, 5) is 4.60. The molecule has 0 unspecified atom stereocenters. The molecular formula is C13H13ClIN5. The Balaban J connectivity index is 2.10. The van der Waals surface area contributed by atoms with Crippen molar-refractivity contribution in [2.75, 3.05) is 0 Å². The van der Waals surface area contributed by atoms with Crippen LogP contribution in [0.25, 0.3) is 11.0 Å². The van der Waals surface area contributed by atoms with Gasteiger partial charge in [-0.3, -0.25) is 0 Å². The number of fused-ring (bicyclic) bond motifs is 1. The van der Waals surface area contributed by atoms with Crippen LogP contribution < -0.4 is 0 Å². The van der Waals surface area contributed by atoms with E-state index in [4.69, 9.17) is 11.6 Å². The molecule has 0 spiro atoms. The van der Waals surface area contributed by atoms with Crippen molar-refractivity contribution >= 4 is 45.2 Å². The highest BCUT2D eigenvalue weighted by Crippen LogP contribution is 2.21. The van der Waals surface area contributed by atoms with Crippen LogP contribution >= 0.6 is 34.2 Å². The number of imidazole rings is 1. The first-order chi connectivity index (χ1) is 9.72. The van der Waals surface area contributed by atoms with E-state index < -0.39 is 0 Å². The van der Waals surface area contributed by atoms with Crippen molar-refractivity contribution < 1.29 is 0 Å². The maximum Gasteiger partial charge on any atom is 0.152 e. The summed E-state index contributed by atoms with van der Waals surface area (Å²) < 4.78 is 5.29. The van der Waals surface area contributed by atoms with Gasteiger partial charge in [0.25, 0.3) is 0 Å². The minimum Gasteiger partial charge on any atom is -0.319 e. The zero-order valence-corrected chi connectivity index (χ0v) is 13.8. The Hall–Kier alpha value is -1.15. The lowest BCUT2D eigenvalue weighted by molar-refractivity contribution is 0.648. The molecule has 0 radical (unpaired) electrons. The molecule has 0 saturated carbocycles. The lowest BCUT2D eigenvalue weighted by atomic mass is 10.3. The van der Waals surface area contributed by atoms with Crippen LogP contribution in [0.1, 0.15) is 18.6 Å². The zero-order chi connectivity index (χ0) is 14.1. The third-order valence-electron chi connectivity index (χ3n) is 3.24. The Morgan fingerprint density at radius 2 is 2.15 bits per heavy atom. The summed E-state index contributed by atoms with van der Waals surface area (Å²) in [6.45, 7) is 3.56. The summed E-state index contributed by atoms with van der Waals surface area (Å²) in [5, 5.41) is 8.15. The van der Waals surface area contributed by atoms with E-state index in [-0.39, 0.29) is 0 Å². The molecule has 0 aliphatic heterocycles. The second-order valence-electron chi connectivity index (χ2n) is 4.41. The third kappa shape index (κ3) is 2.42. The van der Waals surface area contributed by atoms with Crippen molar-refractivity contribution in [1.82, 2.24) is 24.3 Å². The number of benzene rings is 1. The van der Waals surface area contributed by atoms with E-state index in [1.807, 2.05) is 4.57 Å². The molecule has 104 valence electrons. The largest absolute Gasteiger partial charge is 0.319 e. The van der Waals surface area contributed by atoms with Crippen LogP contribution in [0.4, 0.5) is 0 Å². The molecule has 0 N–H and O–H groups in total. The SMILES string of the molecule is CCn1cnnc1Cn1c(CCl)nc2cc(I)ccc21. The standard InChI is InChI=1S/C13H13ClIN5/c1-2-19-8-16-18-13(19)7-20-11-4-3-9(15)5-10(11)17-12(20)6-14/h3-5,8H,2,6-7H2,1H3. The molecule has 5 nitrogen and oxygen atoms in total. The minimum atomic E-state index is 0.380. The van der Waals surface area contributed by atoms with E-state index in [2.05, 4.69) is 67.5 Å². The van der Waals surface area contributed by atoms with Gasteiger partial charge in [-0.15, -0.1) is 21.8 Å². The Bertz CT molecular complexity index is 748. The van der Waals surface area contributed by atoms with Crippen LogP contribution in [0.2, 0.25) is 0 Å². The Morgan fingerprint density at radius 1 is 1.30 bits per heavy atom. The number of rotatable bonds is 4. The fraction of sp³-hybridized carbons (Fsp3) is 0.308. The molecule has 0 fully saturated rings. The molecule has 3 rings (SSSR count). The van der Waals surface area contributed by atoms with E-state index in [1.54, 1.807) is 6.33 Å². The second-order valence-corrected chi connectivity index (χ2v) is 5.93. The number of nitrogens with zero attached hydrogens (tertiary/aromatic N) is 5. The molecule has 0 bridgehead atoms. The molecule has 0 saturated heterocycles. The van der Waals surface area contributed by atoms with Crippen LogP contribution in [0.5, 0.6) is 0 Å². The molecule has 1 aromatic carbocycles. The van der Waals surface area contributed by atoms with Gasteiger partial charge in [-0.1, -0.05) is 0 Å². The van der Waals surface area contributed by atoms with E-state index in [1.165, 1.54) is 0 Å². The molecule has 7 heteroatoms. The van der Waals surface area contributed by atoms with E-state index >= 15 is 0 Å². The Labute approximate surface area is 135 Å². The molecule has 0 atom stereocenters. The average Bonchev–Trinajstić information content (AvgIpc) is 3.03. The lowest BCUT2D eigenvalue weighted by Gasteiger charge is -2.08. The van der Waals surface area contributed by atoms with Gasteiger partial charge in [-0.25, -0.2) is 4.98 Å². The summed E-state index contributed by atoms with van der Waals surface area (Å²) in [6, 6.07) is 6.21. The van der Waals surface area contributed by atoms with Gasteiger partial charge in [0.05, 0.1) is 23.5 Å². The van der Waals surface area contributed by atoms with Crippen molar-refractivity contribution in [2.45, 2.75) is 25.9 Å². The average molecular weight is 402 g/mol. The van der Waals surface area contributed by atoms with Crippen LogP contribution in [-0.2, 0) is 19.0 Å². The monoisotopic (exact) mass is 401 g/mol. The summed E-state index contributed by atoms with van der Waals surface area (Å²) in [7, 11) is 0. The number of hydrogen-bond donors (Lipinski definition) is 0. The summed E-state index contributed by atoms with van der Waals surface area (Å²) in [5.74, 6) is 2.15. The van der Waals surface area contributed by atoms with Gasteiger partial charge in [0, 0.05) is 10.1 Å². The van der Waals surface area contributed by atoms with E-state index in [0.717, 1.165) is 32.8 Å². The van der Waals surface area contributed by atoms with Crippen LogP contribution in [-0.4, -0.2) is 24.3 Å². The smallest absolute Gasteiger partial charge is 0.152 e. The van der Waals surface area contributed by atoms with Gasteiger partial charge in [-0.2, -0.15) is 0 Å². The first kappa shape index (κ1) is 13.8. The van der Waals surface area contributed by atoms with Gasteiger partial charge in [0.1, 0.15) is 12.2 Å². The first-order valence-corrected chi connectivity index (χ1v) is 7.91. The van der Waals surface area contributed by atoms with Crippen LogP contribution in [0.3, 0.4) is 0 Å². The second kappa shape index (κ2) is 5.69. The van der Waals surface area contributed by atoms with Crippen molar-refractivity contribution in [2.24, 2.45) is 0 Å². The normalized spacial score (nSPS) is 11.3. The third-order valence-corrected chi connectivity index (χ3v) is 4.15. The highest BCUT2D eigenvalue weighted by molar-refractivity contribution is 14.1. The maximum absolute atomic E-state index is 6.03. The van der Waals surface area contributed by atoms with Gasteiger partial charge >= 0.3 is 0 Å². The first-order valence-electron chi connectivity index (χ1n) is 6.30. The number of aryl methyl sites for hydroxylation is 1. The topological polar surface area (TPSA) is 48.5 Å². The predicted molar refractivity (Wildman–Crippen MR) is 86.8 cm³/mol. The van der Waals surface area contributed by atoms with Gasteiger partial charge in [0.2, 0.25) is 0 Å². The van der Waals surface area contributed by atoms with E-state index in [9.17, 15) is 0 Å². The summed E-state index contributed by atoms with van der Waals surface area (Å²) >= 11 is 8.32. The summed E-state index contributed by atoms with van der Waals surface area (Å²) in [6.07, 6.45) is 1.75. The van der Waals surface area contributed by atoms with Crippen LogP contribution in [0, 0.1) is 3.57 Å². The number of hydrogen-bond acceptors (Lipinski definition) is 3. The number of halogens is 2. The number of aromatic nitrogens is 5. The van der Waals surface area contributed by atoms with Crippen molar-refractivity contribution in [3.8, 4) is 0 Å². The van der Waals surface area contributed by atoms with Crippen molar-refractivity contribution in [3.63, 3.8) is 0 Å². The molecule has 3 aromatic rings. The lowest BCUT2D eigenvalue weighted by Crippen LogP contribution is -2.09. The molecule has 0 aliphatic carbocycles. The van der Waals surface area contributed by atoms with Crippen LogP contribution in [0.15, 0.2) is 24.5 Å². The molecule has 2 heterocycles. The van der Waals surface area contributed by atoms with Gasteiger partial charge in [0.15, 0.2) is 5.82 Å². The number of alkyl halides is 1. The fourth-order valence-corrected chi connectivity index (χ4v) is 2.92. The summed E-state index contributed by atoms with van der Waals surface area (Å²) in [5.41, 5.74) is 2.04. The minimum absolute atomic E-state index is 0.380. The Morgan fingerprint density at radius 3 is 2.90 bits per heavy atom.